The van der Waals surface area contributed by atoms with Gasteiger partial charge in [0.25, 0.3) is 0 Å². The van der Waals surface area contributed by atoms with Crippen molar-refractivity contribution in [3.05, 3.63) is 106 Å². The molecule has 0 saturated heterocycles. The van der Waals surface area contributed by atoms with Crippen molar-refractivity contribution < 1.29 is 33.7 Å². The van der Waals surface area contributed by atoms with Gasteiger partial charge in [-0.1, -0.05) is 84.4 Å². The van der Waals surface area contributed by atoms with Gasteiger partial charge >= 0.3 is 18.0 Å². The Morgan fingerprint density at radius 1 is 0.829 bits per heavy atom. The SMILES string of the molecule is CCOCCc1ccc(C(OC(=O)CN(CC(=O)O)C(=O)OC(C)(C)C)(c2ccccc2)c2ccccc2Cl)cc1. The molecule has 0 spiro atoms. The number of benzene rings is 3. The zero-order chi connectivity index (χ0) is 30.0. The first kappa shape index (κ1) is 31.6. The average molecular weight is 582 g/mol. The van der Waals surface area contributed by atoms with Crippen LogP contribution < -0.4 is 0 Å². The molecule has 41 heavy (non-hydrogen) atoms. The maximum absolute atomic E-state index is 13.7. The Balaban J connectivity index is 2.11. The van der Waals surface area contributed by atoms with Crippen LogP contribution in [0.4, 0.5) is 4.79 Å². The number of ether oxygens (including phenoxy) is 3. The number of esters is 1. The van der Waals surface area contributed by atoms with E-state index in [9.17, 15) is 19.5 Å². The molecule has 0 bridgehead atoms. The smallest absolute Gasteiger partial charge is 0.411 e. The molecule has 0 radical (unpaired) electrons. The fourth-order valence-corrected chi connectivity index (χ4v) is 4.61. The number of carboxylic acids is 1. The van der Waals surface area contributed by atoms with E-state index >= 15 is 0 Å². The highest BCUT2D eigenvalue weighted by Gasteiger charge is 2.42. The van der Waals surface area contributed by atoms with Crippen LogP contribution in [0.2, 0.25) is 5.02 Å². The van der Waals surface area contributed by atoms with Crippen molar-refractivity contribution in [3.8, 4) is 0 Å². The number of carboxylic acid groups (broad SMARTS) is 1. The van der Waals surface area contributed by atoms with Crippen molar-refractivity contribution in [1.29, 1.82) is 0 Å². The van der Waals surface area contributed by atoms with E-state index in [1.807, 2.05) is 61.5 Å². The van der Waals surface area contributed by atoms with Gasteiger partial charge in [0.05, 0.1) is 6.61 Å². The van der Waals surface area contributed by atoms with Crippen LogP contribution in [0.25, 0.3) is 0 Å². The van der Waals surface area contributed by atoms with Gasteiger partial charge in [-0.2, -0.15) is 0 Å². The van der Waals surface area contributed by atoms with Crippen molar-refractivity contribution in [1.82, 2.24) is 4.90 Å². The lowest BCUT2D eigenvalue weighted by atomic mass is 9.79. The summed E-state index contributed by atoms with van der Waals surface area (Å²) < 4.78 is 17.1. The summed E-state index contributed by atoms with van der Waals surface area (Å²) >= 11 is 6.74. The van der Waals surface area contributed by atoms with Gasteiger partial charge in [-0.05, 0) is 45.7 Å². The highest BCUT2D eigenvalue weighted by atomic mass is 35.5. The number of carbonyl (C=O) groups excluding carboxylic acids is 2. The first-order valence-corrected chi connectivity index (χ1v) is 13.7. The average Bonchev–Trinajstić information content (AvgIpc) is 2.92. The Kier molecular flexibility index (Phi) is 10.9. The Morgan fingerprint density at radius 3 is 2.02 bits per heavy atom. The lowest BCUT2D eigenvalue weighted by Gasteiger charge is -2.36. The zero-order valence-corrected chi connectivity index (χ0v) is 24.5. The third-order valence-corrected chi connectivity index (χ3v) is 6.43. The Labute approximate surface area is 245 Å². The topological polar surface area (TPSA) is 102 Å². The van der Waals surface area contributed by atoms with Crippen LogP contribution in [0.15, 0.2) is 78.9 Å². The van der Waals surface area contributed by atoms with E-state index in [4.69, 9.17) is 25.8 Å². The van der Waals surface area contributed by atoms with Gasteiger partial charge in [0, 0.05) is 28.3 Å². The number of hydrogen-bond acceptors (Lipinski definition) is 6. The van der Waals surface area contributed by atoms with Crippen LogP contribution >= 0.6 is 11.6 Å². The zero-order valence-electron chi connectivity index (χ0n) is 23.8. The summed E-state index contributed by atoms with van der Waals surface area (Å²) in [6, 6.07) is 23.8. The standard InChI is InChI=1S/C32H36ClNO7/c1-5-39-20-19-23-15-17-25(18-16-23)32(24-11-7-6-8-12-24,26-13-9-10-14-27(26)33)40-29(37)22-34(21-28(35)36)30(38)41-31(2,3)4/h6-18H,5,19-22H2,1-4H3,(H,35,36). The summed E-state index contributed by atoms with van der Waals surface area (Å²) in [5.41, 5.74) is 0.362. The largest absolute Gasteiger partial charge is 0.480 e. The van der Waals surface area contributed by atoms with Crippen LogP contribution in [0.5, 0.6) is 0 Å². The fourth-order valence-electron chi connectivity index (χ4n) is 4.34. The van der Waals surface area contributed by atoms with E-state index in [-0.39, 0.29) is 0 Å². The molecule has 3 aromatic rings. The highest BCUT2D eigenvalue weighted by molar-refractivity contribution is 6.31. The van der Waals surface area contributed by atoms with Gasteiger partial charge in [0.1, 0.15) is 18.7 Å². The molecule has 0 aromatic heterocycles. The molecule has 1 N–H and O–H groups in total. The summed E-state index contributed by atoms with van der Waals surface area (Å²) in [5.74, 6) is -2.15. The molecule has 9 heteroatoms. The number of halogens is 1. The second-order valence-electron chi connectivity index (χ2n) is 10.4. The molecule has 1 atom stereocenters. The van der Waals surface area contributed by atoms with Crippen molar-refractivity contribution >= 4 is 29.6 Å². The predicted molar refractivity (Wildman–Crippen MR) is 156 cm³/mol. The number of aliphatic carboxylic acids is 1. The van der Waals surface area contributed by atoms with E-state index in [1.54, 1.807) is 45.0 Å². The van der Waals surface area contributed by atoms with Crippen LogP contribution in [0.3, 0.4) is 0 Å². The summed E-state index contributed by atoms with van der Waals surface area (Å²) in [5, 5.41) is 9.78. The first-order valence-electron chi connectivity index (χ1n) is 13.4. The minimum absolute atomic E-state index is 0.360. The number of rotatable bonds is 12. The molecular weight excluding hydrogens is 546 g/mol. The number of nitrogens with zero attached hydrogens (tertiary/aromatic N) is 1. The molecule has 0 saturated carbocycles. The maximum atomic E-state index is 13.7. The Bertz CT molecular complexity index is 1320. The molecule has 0 aliphatic rings. The molecule has 1 unspecified atom stereocenters. The van der Waals surface area contributed by atoms with Gasteiger partial charge in [-0.15, -0.1) is 0 Å². The molecule has 218 valence electrons. The Morgan fingerprint density at radius 2 is 1.44 bits per heavy atom. The van der Waals surface area contributed by atoms with Crippen molar-refractivity contribution in [2.75, 3.05) is 26.3 Å². The van der Waals surface area contributed by atoms with E-state index in [2.05, 4.69) is 0 Å². The van der Waals surface area contributed by atoms with Gasteiger partial charge < -0.3 is 19.3 Å². The highest BCUT2D eigenvalue weighted by Crippen LogP contribution is 2.43. The third-order valence-electron chi connectivity index (χ3n) is 6.10. The lowest BCUT2D eigenvalue weighted by Crippen LogP contribution is -2.45. The second kappa shape index (κ2) is 14.1. The summed E-state index contributed by atoms with van der Waals surface area (Å²) in [7, 11) is 0. The van der Waals surface area contributed by atoms with Crippen LogP contribution in [0, 0.1) is 0 Å². The molecule has 0 aliphatic carbocycles. The summed E-state index contributed by atoms with van der Waals surface area (Å²) in [6.07, 6.45) is -0.239. The minimum atomic E-state index is -1.52. The third kappa shape index (κ3) is 8.55. The molecule has 0 fully saturated rings. The normalized spacial score (nSPS) is 12.7. The van der Waals surface area contributed by atoms with Crippen molar-refractivity contribution in [3.63, 3.8) is 0 Å². The number of hydrogen-bond donors (Lipinski definition) is 1. The maximum Gasteiger partial charge on any atom is 0.411 e. The lowest BCUT2D eigenvalue weighted by molar-refractivity contribution is -0.155. The van der Waals surface area contributed by atoms with E-state index in [0.29, 0.717) is 41.3 Å². The van der Waals surface area contributed by atoms with Gasteiger partial charge in [-0.3, -0.25) is 14.5 Å². The van der Waals surface area contributed by atoms with Crippen LogP contribution in [-0.4, -0.2) is 59.9 Å². The van der Waals surface area contributed by atoms with Gasteiger partial charge in [0.2, 0.25) is 0 Å². The van der Waals surface area contributed by atoms with Crippen LogP contribution in [-0.2, 0) is 35.8 Å². The fraction of sp³-hybridized carbons (Fsp3) is 0.344. The van der Waals surface area contributed by atoms with E-state index < -0.39 is 42.3 Å². The second-order valence-corrected chi connectivity index (χ2v) is 10.8. The molecule has 3 aromatic carbocycles. The number of carbonyl (C=O) groups is 3. The molecule has 8 nitrogen and oxygen atoms in total. The van der Waals surface area contributed by atoms with E-state index in [0.717, 1.165) is 10.5 Å². The van der Waals surface area contributed by atoms with E-state index in [1.165, 1.54) is 0 Å². The first-order chi connectivity index (χ1) is 19.5. The van der Waals surface area contributed by atoms with Gasteiger partial charge in [-0.25, -0.2) is 4.79 Å². The number of amides is 1. The molecular formula is C32H36ClNO7. The predicted octanol–water partition coefficient (Wildman–Crippen LogP) is 6.08. The molecule has 3 rings (SSSR count). The molecule has 1 amide bonds. The molecule has 0 heterocycles. The summed E-state index contributed by atoms with van der Waals surface area (Å²) in [4.78, 5) is 38.8. The van der Waals surface area contributed by atoms with Crippen molar-refractivity contribution in [2.24, 2.45) is 0 Å². The van der Waals surface area contributed by atoms with Crippen molar-refractivity contribution in [2.45, 2.75) is 45.3 Å². The summed E-state index contributed by atoms with van der Waals surface area (Å²) in [6.45, 7) is 6.68. The Hall–Kier alpha value is -3.88. The van der Waals surface area contributed by atoms with Crippen LogP contribution in [0.1, 0.15) is 49.9 Å². The monoisotopic (exact) mass is 581 g/mol. The minimum Gasteiger partial charge on any atom is -0.480 e. The molecule has 0 aliphatic heterocycles. The quantitative estimate of drug-likeness (QED) is 0.157. The van der Waals surface area contributed by atoms with Gasteiger partial charge in [0.15, 0.2) is 5.60 Å².